The van der Waals surface area contributed by atoms with E-state index in [-0.39, 0.29) is 43.7 Å². The number of unbranched alkanes of at least 4 members (excludes halogenated alkanes) is 4. The smallest absolute Gasteiger partial charge is 0.461 e. The van der Waals surface area contributed by atoms with E-state index in [2.05, 4.69) is 0 Å². The zero-order valence-electron chi connectivity index (χ0n) is 23.5. The second-order valence-corrected chi connectivity index (χ2v) is 9.09. The zero-order valence-corrected chi connectivity index (χ0v) is 23.5. The summed E-state index contributed by atoms with van der Waals surface area (Å²) in [7, 11) is 0. The van der Waals surface area contributed by atoms with Crippen molar-refractivity contribution < 1.29 is 47.6 Å². The van der Waals surface area contributed by atoms with Gasteiger partial charge in [0.1, 0.15) is 18.8 Å². The van der Waals surface area contributed by atoms with E-state index in [4.69, 9.17) is 34.2 Å². The van der Waals surface area contributed by atoms with Crippen molar-refractivity contribution in [2.75, 3.05) is 19.8 Å². The van der Waals surface area contributed by atoms with Crippen LogP contribution in [0.25, 0.3) is 0 Å². The van der Waals surface area contributed by atoms with Gasteiger partial charge in [-0.2, -0.15) is 0 Å². The van der Waals surface area contributed by atoms with Crippen molar-refractivity contribution in [3.8, 4) is 11.5 Å². The molecule has 0 heterocycles. The van der Waals surface area contributed by atoms with Crippen LogP contribution in [0.2, 0.25) is 0 Å². The van der Waals surface area contributed by atoms with Crippen LogP contribution in [0.3, 0.4) is 0 Å². The molecular weight excluding hydrogens is 510 g/mol. The molecule has 39 heavy (non-hydrogen) atoms. The maximum atomic E-state index is 12.4. The van der Waals surface area contributed by atoms with Crippen molar-refractivity contribution >= 4 is 24.2 Å². The lowest BCUT2D eigenvalue weighted by atomic mass is 10.1. The van der Waals surface area contributed by atoms with Crippen molar-refractivity contribution in [2.45, 2.75) is 97.6 Å². The average Bonchev–Trinajstić information content (AvgIpc) is 2.89. The van der Waals surface area contributed by atoms with E-state index in [1.165, 1.54) is 12.1 Å². The number of hydrogen-bond donors (Lipinski definition) is 1. The minimum atomic E-state index is -1.05. The first-order valence-corrected chi connectivity index (χ1v) is 13.6. The molecule has 0 saturated carbocycles. The third kappa shape index (κ3) is 15.0. The molecule has 1 aromatic carbocycles. The lowest BCUT2D eigenvalue weighted by molar-refractivity contribution is -0.158. The standard InChI is InChI=1S/C28H43NO10/c1-5-8-11-12-25(30)37-20(4)19-36-26(31)22(29)17-21-13-14-23(38-27(32)34-15-9-6-2)24(18-21)39-28(33)35-16-10-7-3/h13-14,18,20,22H,5-12,15-17,19,29H2,1-4H3/t20-,22-/m0/s1. The van der Waals surface area contributed by atoms with Gasteiger partial charge in [-0.15, -0.1) is 0 Å². The van der Waals surface area contributed by atoms with E-state index in [0.717, 1.165) is 32.1 Å². The summed E-state index contributed by atoms with van der Waals surface area (Å²) < 4.78 is 30.9. The highest BCUT2D eigenvalue weighted by atomic mass is 16.7. The molecule has 0 amide bonds. The summed E-state index contributed by atoms with van der Waals surface area (Å²) in [6.07, 6.45) is 3.53. The molecule has 0 aliphatic rings. The first kappa shape index (κ1) is 33.7. The molecule has 2 N–H and O–H groups in total. The SMILES string of the molecule is CCCCCC(=O)O[C@@H](C)COC(=O)[C@@H](N)Cc1ccc(OC(=O)OCCCC)c(OC(=O)OCCCC)c1. The first-order chi connectivity index (χ1) is 18.7. The minimum Gasteiger partial charge on any atom is -0.461 e. The van der Waals surface area contributed by atoms with Gasteiger partial charge in [-0.05, 0) is 50.3 Å². The molecule has 2 atom stereocenters. The van der Waals surface area contributed by atoms with E-state index in [0.29, 0.717) is 24.8 Å². The number of carbonyl (C=O) groups excluding carboxylic acids is 4. The summed E-state index contributed by atoms with van der Waals surface area (Å²) in [5, 5.41) is 0. The fourth-order valence-corrected chi connectivity index (χ4v) is 3.16. The molecule has 11 nitrogen and oxygen atoms in total. The normalized spacial score (nSPS) is 12.1. The molecule has 0 aliphatic carbocycles. The Labute approximate surface area is 230 Å². The highest BCUT2D eigenvalue weighted by molar-refractivity contribution is 5.76. The Hall–Kier alpha value is -3.34. The van der Waals surface area contributed by atoms with Gasteiger partial charge in [0.15, 0.2) is 11.5 Å². The van der Waals surface area contributed by atoms with Gasteiger partial charge in [0.25, 0.3) is 0 Å². The zero-order chi connectivity index (χ0) is 29.0. The van der Waals surface area contributed by atoms with Crippen LogP contribution in [0.5, 0.6) is 11.5 Å². The molecule has 0 aromatic heterocycles. The van der Waals surface area contributed by atoms with Crippen LogP contribution in [0.15, 0.2) is 18.2 Å². The van der Waals surface area contributed by atoms with Crippen LogP contribution in [0.1, 0.15) is 84.6 Å². The molecule has 0 spiro atoms. The Balaban J connectivity index is 2.77. The van der Waals surface area contributed by atoms with E-state index >= 15 is 0 Å². The van der Waals surface area contributed by atoms with Gasteiger partial charge in [0.05, 0.1) is 13.2 Å². The second-order valence-electron chi connectivity index (χ2n) is 9.09. The molecule has 0 aliphatic heterocycles. The van der Waals surface area contributed by atoms with Gasteiger partial charge in [-0.3, -0.25) is 9.59 Å². The number of carbonyl (C=O) groups is 4. The first-order valence-electron chi connectivity index (χ1n) is 13.6. The Morgan fingerprint density at radius 2 is 1.38 bits per heavy atom. The molecule has 1 aromatic rings. The van der Waals surface area contributed by atoms with Crippen LogP contribution in [0, 0.1) is 0 Å². The number of esters is 2. The van der Waals surface area contributed by atoms with Gasteiger partial charge in [0, 0.05) is 6.42 Å². The number of benzene rings is 1. The largest absolute Gasteiger partial charge is 0.513 e. The van der Waals surface area contributed by atoms with E-state index < -0.39 is 30.4 Å². The predicted octanol–water partition coefficient (Wildman–Crippen LogP) is 5.24. The summed E-state index contributed by atoms with van der Waals surface area (Å²) in [4.78, 5) is 48.4. The highest BCUT2D eigenvalue weighted by Gasteiger charge is 2.21. The third-order valence-electron chi connectivity index (χ3n) is 5.37. The van der Waals surface area contributed by atoms with E-state index in [1.54, 1.807) is 13.0 Å². The van der Waals surface area contributed by atoms with Gasteiger partial charge in [-0.1, -0.05) is 52.5 Å². The maximum absolute atomic E-state index is 12.4. The average molecular weight is 554 g/mol. The summed E-state index contributed by atoms with van der Waals surface area (Å²) >= 11 is 0. The molecule has 1 rings (SSSR count). The van der Waals surface area contributed by atoms with Crippen molar-refractivity contribution in [2.24, 2.45) is 5.73 Å². The van der Waals surface area contributed by atoms with Crippen molar-refractivity contribution in [3.63, 3.8) is 0 Å². The highest BCUT2D eigenvalue weighted by Crippen LogP contribution is 2.30. The Morgan fingerprint density at radius 1 is 0.795 bits per heavy atom. The number of nitrogens with two attached hydrogens (primary N) is 1. The van der Waals surface area contributed by atoms with Crippen molar-refractivity contribution in [3.05, 3.63) is 23.8 Å². The maximum Gasteiger partial charge on any atom is 0.513 e. The van der Waals surface area contributed by atoms with Crippen LogP contribution < -0.4 is 15.2 Å². The topological polar surface area (TPSA) is 150 Å². The van der Waals surface area contributed by atoms with Crippen LogP contribution in [0.4, 0.5) is 9.59 Å². The second kappa shape index (κ2) is 19.7. The molecule has 0 bridgehead atoms. The molecule has 0 unspecified atom stereocenters. The van der Waals surface area contributed by atoms with Gasteiger partial charge in [-0.25, -0.2) is 9.59 Å². The predicted molar refractivity (Wildman–Crippen MR) is 143 cm³/mol. The number of rotatable bonds is 18. The van der Waals surface area contributed by atoms with Crippen LogP contribution in [-0.2, 0) is 35.0 Å². The monoisotopic (exact) mass is 553 g/mol. The van der Waals surface area contributed by atoms with Gasteiger partial charge >= 0.3 is 24.2 Å². The van der Waals surface area contributed by atoms with Crippen molar-refractivity contribution in [1.29, 1.82) is 0 Å². The lowest BCUT2D eigenvalue weighted by Crippen LogP contribution is -2.36. The fraction of sp³-hybridized carbons (Fsp3) is 0.643. The Bertz CT molecular complexity index is 904. The van der Waals surface area contributed by atoms with Gasteiger partial charge < -0.3 is 34.2 Å². The van der Waals surface area contributed by atoms with E-state index in [1.807, 2.05) is 20.8 Å². The van der Waals surface area contributed by atoms with E-state index in [9.17, 15) is 19.2 Å². The van der Waals surface area contributed by atoms with Crippen LogP contribution >= 0.6 is 0 Å². The number of hydrogen-bond acceptors (Lipinski definition) is 11. The summed E-state index contributed by atoms with van der Waals surface area (Å²) in [5.74, 6) is -1.18. The molecule has 0 fully saturated rings. The lowest BCUT2D eigenvalue weighted by Gasteiger charge is -2.17. The Kier molecular flexibility index (Phi) is 17.0. The molecule has 0 radical (unpaired) electrons. The number of ether oxygens (including phenoxy) is 6. The fourth-order valence-electron chi connectivity index (χ4n) is 3.16. The molecule has 220 valence electrons. The summed E-state index contributed by atoms with van der Waals surface area (Å²) in [5.41, 5.74) is 6.53. The molecule has 11 heteroatoms. The minimum absolute atomic E-state index is 0.0342. The quantitative estimate of drug-likeness (QED) is 0.110. The van der Waals surface area contributed by atoms with Crippen molar-refractivity contribution in [1.82, 2.24) is 0 Å². The molecule has 0 saturated heterocycles. The molecular formula is C28H43NO10. The van der Waals surface area contributed by atoms with Gasteiger partial charge in [0.2, 0.25) is 0 Å². The third-order valence-corrected chi connectivity index (χ3v) is 5.37. The Morgan fingerprint density at radius 3 is 1.97 bits per heavy atom. The van der Waals surface area contributed by atoms with Crippen LogP contribution in [-0.4, -0.2) is 56.2 Å². The summed E-state index contributed by atoms with van der Waals surface area (Å²) in [6.45, 7) is 7.81. The summed E-state index contributed by atoms with van der Waals surface area (Å²) in [6, 6.07) is 3.34.